The molecule has 12 heteroatoms. The van der Waals surface area contributed by atoms with E-state index in [-0.39, 0.29) is 32.1 Å². The number of rotatable bonds is 7. The third-order valence-electron chi connectivity index (χ3n) is 4.02. The van der Waals surface area contributed by atoms with Gasteiger partial charge in [0.25, 0.3) is 5.56 Å². The molecule has 1 amide bonds. The van der Waals surface area contributed by atoms with Gasteiger partial charge in [0.1, 0.15) is 31.6 Å². The summed E-state index contributed by atoms with van der Waals surface area (Å²) in [5.74, 6) is -0.823. The lowest BCUT2D eigenvalue weighted by molar-refractivity contribution is -0.150. The first-order valence-corrected chi connectivity index (χ1v) is 8.86. The third-order valence-corrected chi connectivity index (χ3v) is 4.02. The largest absolute Gasteiger partial charge is 0.508 e. The number of carbonyl (C=O) groups excluding carboxylic acids is 3. The van der Waals surface area contributed by atoms with Gasteiger partial charge in [-0.2, -0.15) is 0 Å². The highest BCUT2D eigenvalue weighted by molar-refractivity contribution is 5.72. The number of aromatic nitrogens is 2. The highest BCUT2D eigenvalue weighted by atomic mass is 16.7. The number of esters is 1. The Morgan fingerprint density at radius 1 is 1.28 bits per heavy atom. The molecule has 1 aromatic rings. The van der Waals surface area contributed by atoms with E-state index in [4.69, 9.17) is 18.9 Å². The van der Waals surface area contributed by atoms with Gasteiger partial charge in [0.2, 0.25) is 5.91 Å². The van der Waals surface area contributed by atoms with E-state index in [0.29, 0.717) is 5.56 Å². The fourth-order valence-electron chi connectivity index (χ4n) is 2.71. The SMILES string of the molecule is CC(=O)NCCOC(=O)OC[C@H]1O[C@@H](n2cc(C)c(=O)[nH]c2=O)C[C@@H]1OC(C)=O. The lowest BCUT2D eigenvalue weighted by atomic mass is 10.2. The van der Waals surface area contributed by atoms with E-state index in [1.807, 2.05) is 0 Å². The van der Waals surface area contributed by atoms with Crippen LogP contribution in [0.5, 0.6) is 0 Å². The number of H-pyrrole nitrogens is 1. The smallest absolute Gasteiger partial charge is 0.459 e. The Balaban J connectivity index is 1.98. The molecule has 1 saturated heterocycles. The second kappa shape index (κ2) is 9.87. The van der Waals surface area contributed by atoms with Gasteiger partial charge >= 0.3 is 17.8 Å². The van der Waals surface area contributed by atoms with Crippen LogP contribution in [-0.2, 0) is 28.5 Å². The monoisotopic (exact) mass is 413 g/mol. The van der Waals surface area contributed by atoms with Gasteiger partial charge in [-0.1, -0.05) is 0 Å². The fraction of sp³-hybridized carbons (Fsp3) is 0.588. The second-order valence-electron chi connectivity index (χ2n) is 6.38. The maximum absolute atomic E-state index is 12.1. The van der Waals surface area contributed by atoms with Gasteiger partial charge in [0.05, 0.1) is 6.54 Å². The summed E-state index contributed by atoms with van der Waals surface area (Å²) in [7, 11) is 0. The lowest BCUT2D eigenvalue weighted by Gasteiger charge is -2.18. The Hall–Kier alpha value is -3.15. The molecule has 3 atom stereocenters. The molecule has 1 fully saturated rings. The Morgan fingerprint density at radius 3 is 2.66 bits per heavy atom. The number of nitrogens with one attached hydrogen (secondary N) is 2. The van der Waals surface area contributed by atoms with Gasteiger partial charge in [0.15, 0.2) is 0 Å². The maximum atomic E-state index is 12.1. The van der Waals surface area contributed by atoms with Gasteiger partial charge in [-0.3, -0.25) is 23.9 Å². The van der Waals surface area contributed by atoms with Crippen molar-refractivity contribution in [2.75, 3.05) is 19.8 Å². The zero-order valence-corrected chi connectivity index (χ0v) is 16.3. The Morgan fingerprint density at radius 2 is 2.00 bits per heavy atom. The van der Waals surface area contributed by atoms with E-state index in [9.17, 15) is 24.0 Å². The minimum atomic E-state index is -0.985. The van der Waals surface area contributed by atoms with Crippen molar-refractivity contribution in [2.45, 2.75) is 45.6 Å². The van der Waals surface area contributed by atoms with Crippen LogP contribution in [0.3, 0.4) is 0 Å². The lowest BCUT2D eigenvalue weighted by Crippen LogP contribution is -2.33. The summed E-state index contributed by atoms with van der Waals surface area (Å²) in [6, 6.07) is 0. The van der Waals surface area contributed by atoms with Gasteiger partial charge in [-0.05, 0) is 6.92 Å². The number of amides is 1. The molecule has 0 saturated carbocycles. The van der Waals surface area contributed by atoms with E-state index < -0.39 is 41.8 Å². The summed E-state index contributed by atoms with van der Waals surface area (Å²) in [6.45, 7) is 3.85. The molecule has 160 valence electrons. The summed E-state index contributed by atoms with van der Waals surface area (Å²) in [5, 5.41) is 2.45. The molecular weight excluding hydrogens is 390 g/mol. The third kappa shape index (κ3) is 6.45. The Labute approximate surface area is 165 Å². The first-order chi connectivity index (χ1) is 13.7. The van der Waals surface area contributed by atoms with E-state index in [1.54, 1.807) is 0 Å². The zero-order chi connectivity index (χ0) is 21.6. The van der Waals surface area contributed by atoms with Crippen LogP contribution in [0, 0.1) is 6.92 Å². The molecule has 1 aromatic heterocycles. The van der Waals surface area contributed by atoms with Crippen molar-refractivity contribution in [1.82, 2.24) is 14.9 Å². The molecule has 0 aliphatic carbocycles. The second-order valence-corrected chi connectivity index (χ2v) is 6.38. The standard InChI is InChI=1S/C17H23N3O9/c1-9-7-20(16(24)19-15(9)23)14-6-12(28-11(3)22)13(29-14)8-27-17(25)26-5-4-18-10(2)21/h7,12-14H,4-6,8H2,1-3H3,(H,18,21)(H,19,23,24)/t12-,13+,14+/m0/s1. The molecule has 1 aliphatic heterocycles. The molecule has 2 N–H and O–H groups in total. The minimum absolute atomic E-state index is 0.0774. The summed E-state index contributed by atoms with van der Waals surface area (Å²) in [6.07, 6.45) is -1.96. The van der Waals surface area contributed by atoms with Crippen LogP contribution < -0.4 is 16.6 Å². The van der Waals surface area contributed by atoms with Crippen LogP contribution in [0.15, 0.2) is 15.8 Å². The summed E-state index contributed by atoms with van der Waals surface area (Å²) < 4.78 is 21.9. The molecule has 29 heavy (non-hydrogen) atoms. The van der Waals surface area contributed by atoms with Crippen molar-refractivity contribution in [3.8, 4) is 0 Å². The van der Waals surface area contributed by atoms with E-state index in [2.05, 4.69) is 10.3 Å². The average molecular weight is 413 g/mol. The number of hydrogen-bond acceptors (Lipinski definition) is 9. The predicted octanol–water partition coefficient (Wildman–Crippen LogP) is -0.646. The van der Waals surface area contributed by atoms with Crippen molar-refractivity contribution in [3.63, 3.8) is 0 Å². The van der Waals surface area contributed by atoms with Crippen LogP contribution in [0.4, 0.5) is 4.79 Å². The zero-order valence-electron chi connectivity index (χ0n) is 16.3. The van der Waals surface area contributed by atoms with Crippen LogP contribution >= 0.6 is 0 Å². The highest BCUT2D eigenvalue weighted by Gasteiger charge is 2.40. The van der Waals surface area contributed by atoms with E-state index in [0.717, 1.165) is 0 Å². The molecule has 0 bridgehead atoms. The molecular formula is C17H23N3O9. The minimum Gasteiger partial charge on any atom is -0.459 e. The maximum Gasteiger partial charge on any atom is 0.508 e. The van der Waals surface area contributed by atoms with Crippen LogP contribution in [0.2, 0.25) is 0 Å². The molecule has 0 spiro atoms. The topological polar surface area (TPSA) is 155 Å². The van der Waals surface area contributed by atoms with Crippen molar-refractivity contribution < 1.29 is 33.3 Å². The van der Waals surface area contributed by atoms with Gasteiger partial charge < -0.3 is 24.3 Å². The molecule has 12 nitrogen and oxygen atoms in total. The first-order valence-electron chi connectivity index (χ1n) is 8.86. The summed E-state index contributed by atoms with van der Waals surface area (Å²) in [5.41, 5.74) is -0.881. The molecule has 2 rings (SSSR count). The van der Waals surface area contributed by atoms with E-state index >= 15 is 0 Å². The number of ether oxygens (including phenoxy) is 4. The van der Waals surface area contributed by atoms with Gasteiger partial charge in [-0.15, -0.1) is 0 Å². The van der Waals surface area contributed by atoms with Gasteiger partial charge in [-0.25, -0.2) is 9.59 Å². The average Bonchev–Trinajstić information content (AvgIpc) is 3.01. The van der Waals surface area contributed by atoms with E-state index in [1.165, 1.54) is 31.5 Å². The number of carbonyl (C=O) groups is 3. The normalized spacial score (nSPS) is 20.7. The van der Waals surface area contributed by atoms with Crippen molar-refractivity contribution in [2.24, 2.45) is 0 Å². The van der Waals surface area contributed by atoms with Crippen LogP contribution in [-0.4, -0.2) is 59.5 Å². The predicted molar refractivity (Wildman–Crippen MR) is 96.1 cm³/mol. The number of aromatic amines is 1. The quantitative estimate of drug-likeness (QED) is 0.438. The van der Waals surface area contributed by atoms with Crippen LogP contribution in [0.1, 0.15) is 32.1 Å². The van der Waals surface area contributed by atoms with Gasteiger partial charge in [0, 0.05) is 32.0 Å². The Bertz CT molecular complexity index is 876. The molecule has 2 heterocycles. The number of hydrogen-bond donors (Lipinski definition) is 2. The molecule has 1 aliphatic rings. The van der Waals surface area contributed by atoms with Crippen molar-refractivity contribution in [1.29, 1.82) is 0 Å². The first kappa shape index (κ1) is 22.1. The molecule has 0 unspecified atom stereocenters. The number of aryl methyl sites for hydroxylation is 1. The summed E-state index contributed by atoms with van der Waals surface area (Å²) in [4.78, 5) is 59.5. The van der Waals surface area contributed by atoms with Crippen molar-refractivity contribution in [3.05, 3.63) is 32.6 Å². The highest BCUT2D eigenvalue weighted by Crippen LogP contribution is 2.30. The van der Waals surface area contributed by atoms with Crippen molar-refractivity contribution >= 4 is 18.0 Å². The summed E-state index contributed by atoms with van der Waals surface area (Å²) >= 11 is 0. The molecule has 0 aromatic carbocycles. The fourth-order valence-corrected chi connectivity index (χ4v) is 2.71. The number of nitrogens with zero attached hydrogens (tertiary/aromatic N) is 1. The molecule has 0 radical (unpaired) electrons. The van der Waals surface area contributed by atoms with Crippen LogP contribution in [0.25, 0.3) is 0 Å². The Kier molecular flexibility index (Phi) is 7.53.